The fraction of sp³-hybridized carbons (Fsp3) is 1.00. The first-order valence-corrected chi connectivity index (χ1v) is 6.40. The Bertz CT molecular complexity index is 156. The van der Waals surface area contributed by atoms with Gasteiger partial charge in [-0.2, -0.15) is 0 Å². The average Bonchev–Trinajstić information content (AvgIpc) is 2.02. The second kappa shape index (κ2) is 6.79. The molecule has 0 aliphatic carbocycles. The number of alkyl halides is 2. The smallest absolute Gasteiger partial charge is 0.197 e. The molecule has 0 aromatic rings. The van der Waals surface area contributed by atoms with E-state index in [0.717, 1.165) is 0 Å². The lowest BCUT2D eigenvalue weighted by atomic mass is 10.2. The normalized spacial score (nSPS) is 13.3. The van der Waals surface area contributed by atoms with Crippen molar-refractivity contribution in [2.45, 2.75) is 21.1 Å². The maximum Gasteiger partial charge on any atom is 0.197 e. The summed E-state index contributed by atoms with van der Waals surface area (Å²) in [6, 6.07) is 0. The molecule has 0 saturated carbocycles. The molecule has 0 fully saturated rings. The minimum atomic E-state index is -0.912. The van der Waals surface area contributed by atoms with E-state index in [9.17, 15) is 5.11 Å². The van der Waals surface area contributed by atoms with Gasteiger partial charge in [0, 0.05) is 0 Å². The van der Waals surface area contributed by atoms with E-state index in [0.29, 0.717) is 19.8 Å². The summed E-state index contributed by atoms with van der Waals surface area (Å²) in [6.07, 6.45) is 0. The third-order valence-electron chi connectivity index (χ3n) is 1.46. The van der Waals surface area contributed by atoms with Crippen LogP contribution in [0.15, 0.2) is 0 Å². The molecule has 0 saturated heterocycles. The number of halogens is 2. The summed E-state index contributed by atoms with van der Waals surface area (Å²) in [6.45, 7) is 4.55. The van der Waals surface area contributed by atoms with Gasteiger partial charge >= 0.3 is 0 Å². The number of ether oxygens (including phenoxy) is 2. The van der Waals surface area contributed by atoms with E-state index in [1.807, 2.05) is 0 Å². The zero-order valence-electron chi connectivity index (χ0n) is 8.30. The zero-order valence-corrected chi connectivity index (χ0v) is 12.6. The van der Waals surface area contributed by atoms with Gasteiger partial charge in [0.05, 0.1) is 26.4 Å². The summed E-state index contributed by atoms with van der Waals surface area (Å²) in [5, 5.41) is 18.2. The molecule has 6 heteroatoms. The van der Waals surface area contributed by atoms with Crippen LogP contribution in [0.2, 0.25) is 0 Å². The van der Waals surface area contributed by atoms with Crippen LogP contribution in [0.1, 0.15) is 13.8 Å². The molecule has 4 nitrogen and oxygen atoms in total. The van der Waals surface area contributed by atoms with Gasteiger partial charge in [-0.25, -0.2) is 0 Å². The maximum absolute atomic E-state index is 9.73. The highest BCUT2D eigenvalue weighted by Crippen LogP contribution is 2.39. The summed E-state index contributed by atoms with van der Waals surface area (Å²) in [7, 11) is 0. The Kier molecular flexibility index (Phi) is 7.42. The molecule has 14 heavy (non-hydrogen) atoms. The van der Waals surface area contributed by atoms with Crippen molar-refractivity contribution in [2.75, 3.05) is 26.4 Å². The minimum Gasteiger partial charge on any atom is -0.394 e. The predicted molar refractivity (Wildman–Crippen MR) is 70.9 cm³/mol. The minimum absolute atomic E-state index is 0.0190. The fourth-order valence-electron chi connectivity index (χ4n) is 0.572. The van der Waals surface area contributed by atoms with E-state index in [1.54, 1.807) is 13.8 Å². The lowest BCUT2D eigenvalue weighted by Crippen LogP contribution is -2.42. The number of aliphatic hydroxyl groups excluding tert-OH is 1. The van der Waals surface area contributed by atoms with Crippen LogP contribution in [-0.2, 0) is 9.47 Å². The Morgan fingerprint density at radius 3 is 2.14 bits per heavy atom. The summed E-state index contributed by atoms with van der Waals surface area (Å²) in [5.74, 6) is 0. The van der Waals surface area contributed by atoms with Gasteiger partial charge in [0.25, 0.3) is 0 Å². The quantitative estimate of drug-likeness (QED) is 0.364. The molecule has 0 rings (SSSR count). The molecule has 0 amide bonds. The average molecular weight is 430 g/mol. The predicted octanol–water partition coefficient (Wildman–Crippen LogP) is 1.31. The Balaban J connectivity index is 3.67. The number of hydrogen-bond acceptors (Lipinski definition) is 4. The van der Waals surface area contributed by atoms with Crippen LogP contribution in [0.25, 0.3) is 0 Å². The van der Waals surface area contributed by atoms with Gasteiger partial charge in [-0.1, -0.05) is 0 Å². The van der Waals surface area contributed by atoms with Crippen molar-refractivity contribution in [3.05, 3.63) is 0 Å². The van der Waals surface area contributed by atoms with E-state index in [-0.39, 0.29) is 6.61 Å². The zero-order chi connectivity index (χ0) is 11.2. The van der Waals surface area contributed by atoms with Crippen molar-refractivity contribution >= 4 is 45.2 Å². The monoisotopic (exact) mass is 430 g/mol. The highest BCUT2D eigenvalue weighted by atomic mass is 127. The van der Waals surface area contributed by atoms with E-state index >= 15 is 0 Å². The van der Waals surface area contributed by atoms with Crippen molar-refractivity contribution in [1.29, 1.82) is 0 Å². The highest BCUT2D eigenvalue weighted by molar-refractivity contribution is 14.2. The second-order valence-electron chi connectivity index (χ2n) is 3.26. The molecule has 86 valence electrons. The second-order valence-corrected chi connectivity index (χ2v) is 8.36. The van der Waals surface area contributed by atoms with Crippen LogP contribution < -0.4 is 0 Å². The first kappa shape index (κ1) is 15.3. The summed E-state index contributed by atoms with van der Waals surface area (Å²) < 4.78 is 9.82. The number of aliphatic hydroxyl groups is 2. The Labute approximate surface area is 112 Å². The molecule has 2 N–H and O–H groups in total. The first-order chi connectivity index (χ1) is 6.31. The van der Waals surface area contributed by atoms with Gasteiger partial charge in [0.1, 0.15) is 5.60 Å². The molecule has 0 heterocycles. The molecule has 0 aromatic heterocycles. The lowest BCUT2D eigenvalue weighted by Gasteiger charge is -2.33. The van der Waals surface area contributed by atoms with Crippen LogP contribution in [0, 0.1) is 0 Å². The molecule has 0 aliphatic rings. The molecule has 0 aromatic carbocycles. The Morgan fingerprint density at radius 2 is 1.71 bits per heavy atom. The SMILES string of the molecule is CC(C)(O)C(I)(I)OCCOCCO. The van der Waals surface area contributed by atoms with Crippen molar-refractivity contribution < 1.29 is 19.7 Å². The van der Waals surface area contributed by atoms with Gasteiger partial charge in [-0.15, -0.1) is 0 Å². The number of rotatable bonds is 7. The third kappa shape index (κ3) is 6.01. The molecule has 0 atom stereocenters. The van der Waals surface area contributed by atoms with Crippen molar-refractivity contribution in [2.24, 2.45) is 0 Å². The topological polar surface area (TPSA) is 58.9 Å². The number of hydrogen-bond donors (Lipinski definition) is 2. The van der Waals surface area contributed by atoms with Crippen molar-refractivity contribution in [1.82, 2.24) is 0 Å². The van der Waals surface area contributed by atoms with Crippen LogP contribution >= 0.6 is 45.2 Å². The summed E-state index contributed by atoms with van der Waals surface area (Å²) >= 11 is 4.11. The first-order valence-electron chi connectivity index (χ1n) is 4.24. The lowest BCUT2D eigenvalue weighted by molar-refractivity contribution is -0.0580. The standard InChI is InChI=1S/C8H16I2O4/c1-7(2,12)8(9,10)14-6-5-13-4-3-11/h11-12H,3-6H2,1-2H3. The van der Waals surface area contributed by atoms with Gasteiger partial charge < -0.3 is 19.7 Å². The molecule has 0 aliphatic heterocycles. The third-order valence-corrected chi connectivity index (χ3v) is 4.72. The van der Waals surface area contributed by atoms with Crippen LogP contribution in [0.4, 0.5) is 0 Å². The molecular formula is C8H16I2O4. The summed E-state index contributed by atoms with van der Waals surface area (Å²) in [4.78, 5) is 0. The Hall–Kier alpha value is 1.30. The van der Waals surface area contributed by atoms with Crippen molar-refractivity contribution in [3.8, 4) is 0 Å². The van der Waals surface area contributed by atoms with Gasteiger partial charge in [-0.05, 0) is 59.0 Å². The highest BCUT2D eigenvalue weighted by Gasteiger charge is 2.40. The molecule has 0 unspecified atom stereocenters. The van der Waals surface area contributed by atoms with Crippen molar-refractivity contribution in [3.63, 3.8) is 0 Å². The fourth-order valence-corrected chi connectivity index (χ4v) is 1.01. The van der Waals surface area contributed by atoms with Gasteiger partial charge in [0.15, 0.2) is 1.61 Å². The van der Waals surface area contributed by atoms with E-state index < -0.39 is 7.22 Å². The van der Waals surface area contributed by atoms with Gasteiger partial charge in [0.2, 0.25) is 0 Å². The molecule has 0 radical (unpaired) electrons. The molecule has 0 bridgehead atoms. The van der Waals surface area contributed by atoms with Crippen LogP contribution in [-0.4, -0.2) is 43.9 Å². The molecule has 0 spiro atoms. The largest absolute Gasteiger partial charge is 0.394 e. The van der Waals surface area contributed by atoms with Crippen LogP contribution in [0.3, 0.4) is 0 Å². The van der Waals surface area contributed by atoms with Crippen LogP contribution in [0.5, 0.6) is 0 Å². The van der Waals surface area contributed by atoms with E-state index in [2.05, 4.69) is 45.2 Å². The summed E-state index contributed by atoms with van der Waals surface area (Å²) in [5.41, 5.74) is -0.912. The Morgan fingerprint density at radius 1 is 1.14 bits per heavy atom. The molecular weight excluding hydrogens is 414 g/mol. The van der Waals surface area contributed by atoms with E-state index in [1.165, 1.54) is 0 Å². The van der Waals surface area contributed by atoms with E-state index in [4.69, 9.17) is 14.6 Å². The maximum atomic E-state index is 9.73. The van der Waals surface area contributed by atoms with Gasteiger partial charge in [-0.3, -0.25) is 0 Å².